The van der Waals surface area contributed by atoms with Gasteiger partial charge in [0.2, 0.25) is 5.91 Å². The Balaban J connectivity index is 1.20. The van der Waals surface area contributed by atoms with E-state index in [0.29, 0.717) is 23.3 Å². The second-order valence-electron chi connectivity index (χ2n) is 9.56. The molecule has 162 valence electrons. The average Bonchev–Trinajstić information content (AvgIpc) is 3.40. The van der Waals surface area contributed by atoms with Crippen LogP contribution in [0.1, 0.15) is 44.1 Å². The Morgan fingerprint density at radius 3 is 2.35 bits per heavy atom. The zero-order valence-corrected chi connectivity index (χ0v) is 18.6. The van der Waals surface area contributed by atoms with Crippen molar-refractivity contribution in [3.63, 3.8) is 0 Å². The Kier molecular flexibility index (Phi) is 5.51. The number of hydrogen-bond acceptors (Lipinski definition) is 3. The van der Waals surface area contributed by atoms with Crippen molar-refractivity contribution in [1.29, 1.82) is 0 Å². The van der Waals surface area contributed by atoms with Crippen molar-refractivity contribution in [2.24, 2.45) is 11.3 Å². The maximum atomic E-state index is 13.1. The third kappa shape index (κ3) is 4.50. The fourth-order valence-corrected chi connectivity index (χ4v) is 5.28. The quantitative estimate of drug-likeness (QED) is 0.618. The molecule has 1 saturated carbocycles. The first kappa shape index (κ1) is 20.6. The lowest BCUT2D eigenvalue weighted by Crippen LogP contribution is -2.42. The van der Waals surface area contributed by atoms with E-state index in [0.717, 1.165) is 37.2 Å². The molecule has 0 bridgehead atoms. The number of piperidine rings is 1. The highest BCUT2D eigenvalue weighted by Gasteiger charge is 2.47. The van der Waals surface area contributed by atoms with Gasteiger partial charge in [0.05, 0.1) is 0 Å². The maximum Gasteiger partial charge on any atom is 0.230 e. The Morgan fingerprint density at radius 2 is 1.68 bits per heavy atom. The van der Waals surface area contributed by atoms with E-state index in [2.05, 4.69) is 29.2 Å². The third-order valence-electron chi connectivity index (χ3n) is 7.26. The molecule has 1 spiro atoms. The molecule has 0 aromatic heterocycles. The van der Waals surface area contributed by atoms with Gasteiger partial charge in [-0.25, -0.2) is 0 Å². The number of benzene rings is 2. The number of Topliss-reactive ketones (excluding diaryl/α,β-unsaturated/α-hetero) is 1. The second kappa shape index (κ2) is 8.31. The molecule has 5 rings (SSSR count). The van der Waals surface area contributed by atoms with Gasteiger partial charge in [-0.3, -0.25) is 9.59 Å². The third-order valence-corrected chi connectivity index (χ3v) is 7.51. The van der Waals surface area contributed by atoms with E-state index < -0.39 is 0 Å². The number of halogens is 1. The van der Waals surface area contributed by atoms with Crippen LogP contribution in [-0.2, 0) is 16.0 Å². The minimum atomic E-state index is -0.221. The highest BCUT2D eigenvalue weighted by molar-refractivity contribution is 6.30. The number of nitrogens with zero attached hydrogens (tertiary/aromatic N) is 2. The predicted octanol–water partition coefficient (Wildman–Crippen LogP) is 5.28. The van der Waals surface area contributed by atoms with Crippen LogP contribution in [0.2, 0.25) is 5.02 Å². The van der Waals surface area contributed by atoms with Crippen LogP contribution < -0.4 is 9.80 Å². The van der Waals surface area contributed by atoms with Crippen molar-refractivity contribution in [1.82, 2.24) is 0 Å². The fourth-order valence-electron chi connectivity index (χ4n) is 5.16. The zero-order chi connectivity index (χ0) is 21.4. The van der Waals surface area contributed by atoms with Crippen LogP contribution >= 0.6 is 11.6 Å². The van der Waals surface area contributed by atoms with Crippen molar-refractivity contribution in [2.45, 2.75) is 44.9 Å². The van der Waals surface area contributed by atoms with Gasteiger partial charge in [-0.15, -0.1) is 0 Å². The molecule has 2 heterocycles. The number of hydrogen-bond donors (Lipinski definition) is 0. The van der Waals surface area contributed by atoms with Gasteiger partial charge in [0.15, 0.2) is 0 Å². The zero-order valence-electron chi connectivity index (χ0n) is 17.9. The number of anilines is 2. The van der Waals surface area contributed by atoms with Gasteiger partial charge in [-0.2, -0.15) is 0 Å². The predicted molar refractivity (Wildman–Crippen MR) is 125 cm³/mol. The first-order valence-electron chi connectivity index (χ1n) is 11.4. The van der Waals surface area contributed by atoms with Crippen LogP contribution in [0, 0.1) is 11.3 Å². The first-order chi connectivity index (χ1) is 15.0. The molecular formula is C26H29ClN2O2. The number of ketones is 1. The molecule has 0 radical (unpaired) electrons. The molecule has 0 N–H and O–H groups in total. The molecule has 31 heavy (non-hydrogen) atoms. The monoisotopic (exact) mass is 436 g/mol. The Labute approximate surface area is 189 Å². The lowest BCUT2D eigenvalue weighted by Gasteiger charge is -2.32. The van der Waals surface area contributed by atoms with E-state index >= 15 is 0 Å². The molecule has 0 unspecified atom stereocenters. The molecule has 2 saturated heterocycles. The van der Waals surface area contributed by atoms with Gasteiger partial charge < -0.3 is 9.80 Å². The summed E-state index contributed by atoms with van der Waals surface area (Å²) in [5, 5.41) is 0.664. The summed E-state index contributed by atoms with van der Waals surface area (Å²) >= 11 is 5.92. The number of amides is 1. The van der Waals surface area contributed by atoms with E-state index in [1.807, 2.05) is 17.0 Å². The van der Waals surface area contributed by atoms with Crippen molar-refractivity contribution in [3.05, 3.63) is 59.1 Å². The second-order valence-corrected chi connectivity index (χ2v) is 10.00. The largest absolute Gasteiger partial charge is 0.371 e. The molecule has 2 aromatic rings. The van der Waals surface area contributed by atoms with Crippen molar-refractivity contribution < 1.29 is 9.59 Å². The summed E-state index contributed by atoms with van der Waals surface area (Å²) in [4.78, 5) is 30.1. The molecule has 3 aliphatic rings. The molecule has 1 amide bonds. The maximum absolute atomic E-state index is 13.1. The van der Waals surface area contributed by atoms with Gasteiger partial charge in [0, 0.05) is 54.8 Å². The van der Waals surface area contributed by atoms with E-state index in [1.54, 1.807) is 12.1 Å². The standard InChI is InChI=1S/C26H29ClN2O2/c27-21-5-3-19(4-6-21)16-24(30)17-20-2-1-14-29(25(20)31)23-9-7-22(8-10-23)28-15-13-26(18-28)11-12-26/h3-10,20H,1-2,11-18H2/t20-/m0/s1. The van der Waals surface area contributed by atoms with Crippen LogP contribution in [0.3, 0.4) is 0 Å². The van der Waals surface area contributed by atoms with E-state index in [4.69, 9.17) is 11.6 Å². The van der Waals surface area contributed by atoms with Crippen molar-refractivity contribution in [2.75, 3.05) is 29.4 Å². The summed E-state index contributed by atoms with van der Waals surface area (Å²) in [6.07, 6.45) is 6.45. The molecule has 5 heteroatoms. The van der Waals surface area contributed by atoms with E-state index in [9.17, 15) is 9.59 Å². The summed E-state index contributed by atoms with van der Waals surface area (Å²) in [5.41, 5.74) is 3.75. The Bertz CT molecular complexity index is 966. The fraction of sp³-hybridized carbons (Fsp3) is 0.462. The summed E-state index contributed by atoms with van der Waals surface area (Å²) in [6.45, 7) is 3.04. The van der Waals surface area contributed by atoms with Crippen molar-refractivity contribution >= 4 is 34.7 Å². The summed E-state index contributed by atoms with van der Waals surface area (Å²) in [6, 6.07) is 15.8. The Morgan fingerprint density at radius 1 is 0.968 bits per heavy atom. The molecule has 1 atom stereocenters. The Hall–Kier alpha value is -2.33. The van der Waals surface area contributed by atoms with Crippen LogP contribution in [-0.4, -0.2) is 31.3 Å². The smallest absolute Gasteiger partial charge is 0.230 e. The number of carbonyl (C=O) groups excluding carboxylic acids is 2. The van der Waals surface area contributed by atoms with Crippen LogP contribution in [0.5, 0.6) is 0 Å². The molecule has 2 aromatic carbocycles. The van der Waals surface area contributed by atoms with Crippen LogP contribution in [0.15, 0.2) is 48.5 Å². The lowest BCUT2D eigenvalue weighted by molar-refractivity contribution is -0.128. The van der Waals surface area contributed by atoms with Gasteiger partial charge in [0.25, 0.3) is 0 Å². The first-order valence-corrected chi connectivity index (χ1v) is 11.8. The number of carbonyl (C=O) groups is 2. The van der Waals surface area contributed by atoms with Gasteiger partial charge in [0.1, 0.15) is 5.78 Å². The molecule has 1 aliphatic carbocycles. The van der Waals surface area contributed by atoms with Crippen molar-refractivity contribution in [3.8, 4) is 0 Å². The van der Waals surface area contributed by atoms with Crippen LogP contribution in [0.25, 0.3) is 0 Å². The highest BCUT2D eigenvalue weighted by atomic mass is 35.5. The minimum absolute atomic E-state index is 0.0848. The topological polar surface area (TPSA) is 40.6 Å². The van der Waals surface area contributed by atoms with E-state index in [-0.39, 0.29) is 17.6 Å². The molecule has 3 fully saturated rings. The van der Waals surface area contributed by atoms with E-state index in [1.165, 1.54) is 31.5 Å². The summed E-state index contributed by atoms with van der Waals surface area (Å²) in [7, 11) is 0. The lowest BCUT2D eigenvalue weighted by atomic mass is 9.90. The van der Waals surface area contributed by atoms with Gasteiger partial charge in [-0.1, -0.05) is 23.7 Å². The molecule has 4 nitrogen and oxygen atoms in total. The molecular weight excluding hydrogens is 408 g/mol. The van der Waals surface area contributed by atoms with Gasteiger partial charge in [-0.05, 0) is 79.5 Å². The number of rotatable bonds is 6. The summed E-state index contributed by atoms with van der Waals surface area (Å²) < 4.78 is 0. The van der Waals surface area contributed by atoms with Gasteiger partial charge >= 0.3 is 0 Å². The SMILES string of the molecule is O=C(Cc1ccc(Cl)cc1)C[C@@H]1CCCN(c2ccc(N3CCC4(CC4)C3)cc2)C1=O. The van der Waals surface area contributed by atoms with Crippen LogP contribution in [0.4, 0.5) is 11.4 Å². The molecule has 2 aliphatic heterocycles. The normalized spacial score (nSPS) is 22.2. The summed E-state index contributed by atoms with van der Waals surface area (Å²) in [5.74, 6) is -0.0241. The highest BCUT2D eigenvalue weighted by Crippen LogP contribution is 2.53. The average molecular weight is 437 g/mol. The minimum Gasteiger partial charge on any atom is -0.371 e.